The first-order chi connectivity index (χ1) is 7.34. The van der Waals surface area contributed by atoms with E-state index in [4.69, 9.17) is 0 Å². The molecule has 0 unspecified atom stereocenters. The Balaban J connectivity index is 2.01. The molecule has 1 saturated carbocycles. The average molecular weight is 263 g/mol. The summed E-state index contributed by atoms with van der Waals surface area (Å²) in [6.07, 6.45) is 4.49. The van der Waals surface area contributed by atoms with E-state index in [9.17, 15) is 0 Å². The van der Waals surface area contributed by atoms with Crippen LogP contribution in [0, 0.1) is 0 Å². The van der Waals surface area contributed by atoms with Gasteiger partial charge in [-0.3, -0.25) is 0 Å². The molecule has 0 spiro atoms. The zero-order valence-electron chi connectivity index (χ0n) is 8.20. The van der Waals surface area contributed by atoms with Gasteiger partial charge in [-0.15, -0.1) is 0 Å². The molecule has 1 aliphatic rings. The van der Waals surface area contributed by atoms with Crippen molar-refractivity contribution in [3.05, 3.63) is 40.8 Å². The number of benzene rings is 1. The molecule has 1 aromatic carbocycles. The quantitative estimate of drug-likeness (QED) is 0.878. The summed E-state index contributed by atoms with van der Waals surface area (Å²) in [5.41, 5.74) is 2.28. The number of rotatable bonds is 2. The second kappa shape index (κ2) is 3.49. The molecule has 1 aromatic heterocycles. The lowest BCUT2D eigenvalue weighted by atomic mass is 10.2. The van der Waals surface area contributed by atoms with Crippen LogP contribution in [0.5, 0.6) is 0 Å². The fraction of sp³-hybridized carbons (Fsp3) is 0.250. The Bertz CT molecular complexity index is 486. The summed E-state index contributed by atoms with van der Waals surface area (Å²) < 4.78 is 1.11. The van der Waals surface area contributed by atoms with Crippen LogP contribution in [0.1, 0.15) is 24.6 Å². The van der Waals surface area contributed by atoms with Crippen molar-refractivity contribution in [2.45, 2.75) is 18.8 Å². The molecule has 3 heteroatoms. The van der Waals surface area contributed by atoms with Gasteiger partial charge in [0.05, 0.1) is 11.9 Å². The normalized spacial score (nSPS) is 15.5. The zero-order chi connectivity index (χ0) is 10.3. The Hall–Kier alpha value is -1.09. The van der Waals surface area contributed by atoms with Crippen LogP contribution in [0.2, 0.25) is 0 Å². The summed E-state index contributed by atoms with van der Waals surface area (Å²) in [6.45, 7) is 0. The molecule has 15 heavy (non-hydrogen) atoms. The minimum absolute atomic E-state index is 0.682. The summed E-state index contributed by atoms with van der Waals surface area (Å²) in [6, 6.07) is 8.20. The second-order valence-electron chi connectivity index (χ2n) is 3.94. The van der Waals surface area contributed by atoms with E-state index in [0.717, 1.165) is 16.0 Å². The summed E-state index contributed by atoms with van der Waals surface area (Å²) >= 11 is 3.55. The van der Waals surface area contributed by atoms with E-state index >= 15 is 0 Å². The molecule has 0 bridgehead atoms. The molecular weight excluding hydrogens is 252 g/mol. The third kappa shape index (κ3) is 1.72. The van der Waals surface area contributed by atoms with Gasteiger partial charge in [0, 0.05) is 16.0 Å². The summed E-state index contributed by atoms with van der Waals surface area (Å²) in [5.74, 6) is 1.82. The van der Waals surface area contributed by atoms with Crippen molar-refractivity contribution < 1.29 is 0 Å². The van der Waals surface area contributed by atoms with E-state index in [1.165, 1.54) is 18.4 Å². The molecule has 1 N–H and O–H groups in total. The van der Waals surface area contributed by atoms with Crippen LogP contribution in [-0.4, -0.2) is 9.97 Å². The third-order valence-electron chi connectivity index (χ3n) is 2.72. The van der Waals surface area contributed by atoms with Gasteiger partial charge < -0.3 is 4.98 Å². The molecule has 0 atom stereocenters. The Morgan fingerprint density at radius 2 is 2.07 bits per heavy atom. The Morgan fingerprint density at radius 1 is 1.27 bits per heavy atom. The van der Waals surface area contributed by atoms with Gasteiger partial charge in [-0.05, 0) is 18.9 Å². The number of hydrogen-bond donors (Lipinski definition) is 1. The number of aromatic amines is 1. The second-order valence-corrected chi connectivity index (χ2v) is 4.79. The summed E-state index contributed by atoms with van der Waals surface area (Å²) in [7, 11) is 0. The van der Waals surface area contributed by atoms with Gasteiger partial charge in [0.25, 0.3) is 0 Å². The maximum Gasteiger partial charge on any atom is 0.109 e. The zero-order valence-corrected chi connectivity index (χ0v) is 9.79. The van der Waals surface area contributed by atoms with Gasteiger partial charge in [-0.1, -0.05) is 34.1 Å². The number of imidazole rings is 1. The lowest BCUT2D eigenvalue weighted by Gasteiger charge is -1.99. The minimum Gasteiger partial charge on any atom is -0.342 e. The molecule has 1 heterocycles. The van der Waals surface area contributed by atoms with E-state index in [1.807, 2.05) is 24.4 Å². The van der Waals surface area contributed by atoms with Crippen molar-refractivity contribution in [2.24, 2.45) is 0 Å². The molecule has 3 rings (SSSR count). The molecule has 0 aliphatic heterocycles. The van der Waals surface area contributed by atoms with Crippen LogP contribution in [0.15, 0.2) is 34.9 Å². The fourth-order valence-electron chi connectivity index (χ4n) is 1.72. The lowest BCUT2D eigenvalue weighted by Crippen LogP contribution is -1.82. The highest BCUT2D eigenvalue weighted by Crippen LogP contribution is 2.39. The number of nitrogens with one attached hydrogen (secondary N) is 1. The monoisotopic (exact) mass is 262 g/mol. The molecule has 0 amide bonds. The maximum absolute atomic E-state index is 4.42. The third-order valence-corrected chi connectivity index (χ3v) is 3.42. The molecule has 0 radical (unpaired) electrons. The largest absolute Gasteiger partial charge is 0.342 e. The molecule has 1 aliphatic carbocycles. The first kappa shape index (κ1) is 9.16. The summed E-state index contributed by atoms with van der Waals surface area (Å²) in [4.78, 5) is 7.81. The van der Waals surface area contributed by atoms with Gasteiger partial charge >= 0.3 is 0 Å². The molecule has 1 fully saturated rings. The van der Waals surface area contributed by atoms with Crippen LogP contribution in [0.25, 0.3) is 11.3 Å². The van der Waals surface area contributed by atoms with E-state index in [2.05, 4.69) is 32.0 Å². The Kier molecular flexibility index (Phi) is 2.13. The van der Waals surface area contributed by atoms with Crippen LogP contribution < -0.4 is 0 Å². The van der Waals surface area contributed by atoms with Gasteiger partial charge in [-0.25, -0.2) is 4.98 Å². The number of H-pyrrole nitrogens is 1. The molecular formula is C12H11BrN2. The van der Waals surface area contributed by atoms with Crippen molar-refractivity contribution in [2.75, 3.05) is 0 Å². The first-order valence-corrected chi connectivity index (χ1v) is 5.93. The van der Waals surface area contributed by atoms with E-state index in [0.29, 0.717) is 5.92 Å². The van der Waals surface area contributed by atoms with Gasteiger partial charge in [0.15, 0.2) is 0 Å². The van der Waals surface area contributed by atoms with Crippen molar-refractivity contribution in [3.8, 4) is 11.3 Å². The first-order valence-electron chi connectivity index (χ1n) is 5.14. The highest BCUT2D eigenvalue weighted by Gasteiger charge is 2.26. The van der Waals surface area contributed by atoms with Crippen molar-refractivity contribution in [1.82, 2.24) is 9.97 Å². The van der Waals surface area contributed by atoms with Crippen LogP contribution in [-0.2, 0) is 0 Å². The Morgan fingerprint density at radius 3 is 2.80 bits per heavy atom. The predicted octanol–water partition coefficient (Wildman–Crippen LogP) is 3.72. The fourth-order valence-corrected chi connectivity index (χ4v) is 2.22. The highest BCUT2D eigenvalue weighted by molar-refractivity contribution is 9.10. The van der Waals surface area contributed by atoms with E-state index in [-0.39, 0.29) is 0 Å². The van der Waals surface area contributed by atoms with Crippen LogP contribution >= 0.6 is 15.9 Å². The number of nitrogens with zero attached hydrogens (tertiary/aromatic N) is 1. The average Bonchev–Trinajstić information content (AvgIpc) is 2.99. The minimum atomic E-state index is 0.682. The van der Waals surface area contributed by atoms with Crippen molar-refractivity contribution >= 4 is 15.9 Å². The molecule has 2 aromatic rings. The van der Waals surface area contributed by atoms with E-state index in [1.54, 1.807) is 0 Å². The molecule has 2 nitrogen and oxygen atoms in total. The SMILES string of the molecule is Brc1ccccc1-c1cnc(C2CC2)[nH]1. The lowest BCUT2D eigenvalue weighted by molar-refractivity contribution is 0.977. The van der Waals surface area contributed by atoms with Gasteiger partial charge in [-0.2, -0.15) is 0 Å². The molecule has 76 valence electrons. The number of aromatic nitrogens is 2. The summed E-state index contributed by atoms with van der Waals surface area (Å²) in [5, 5.41) is 0. The van der Waals surface area contributed by atoms with E-state index < -0.39 is 0 Å². The van der Waals surface area contributed by atoms with Crippen LogP contribution in [0.3, 0.4) is 0 Å². The Labute approximate surface area is 96.9 Å². The predicted molar refractivity (Wildman–Crippen MR) is 63.7 cm³/mol. The highest BCUT2D eigenvalue weighted by atomic mass is 79.9. The smallest absolute Gasteiger partial charge is 0.109 e. The topological polar surface area (TPSA) is 28.7 Å². The maximum atomic E-state index is 4.42. The standard InChI is InChI=1S/C12H11BrN2/c13-10-4-2-1-3-9(10)11-7-14-12(15-11)8-5-6-8/h1-4,7-8H,5-6H2,(H,14,15). The van der Waals surface area contributed by atoms with Gasteiger partial charge in [0.1, 0.15) is 5.82 Å². The van der Waals surface area contributed by atoms with Gasteiger partial charge in [0.2, 0.25) is 0 Å². The number of hydrogen-bond acceptors (Lipinski definition) is 1. The van der Waals surface area contributed by atoms with Crippen molar-refractivity contribution in [1.29, 1.82) is 0 Å². The molecule has 0 saturated heterocycles. The van der Waals surface area contributed by atoms with Crippen molar-refractivity contribution in [3.63, 3.8) is 0 Å². The van der Waals surface area contributed by atoms with Crippen LogP contribution in [0.4, 0.5) is 0 Å². The number of halogens is 1.